The van der Waals surface area contributed by atoms with Crippen LogP contribution in [0.15, 0.2) is 24.3 Å². The van der Waals surface area contributed by atoms with Gasteiger partial charge in [0.15, 0.2) is 0 Å². The first-order chi connectivity index (χ1) is 13.8. The van der Waals surface area contributed by atoms with Crippen LogP contribution in [0.3, 0.4) is 0 Å². The highest BCUT2D eigenvalue weighted by atomic mass is 16.5. The largest absolute Gasteiger partial charge is 0.485 e. The Morgan fingerprint density at radius 2 is 1.76 bits per heavy atom. The van der Waals surface area contributed by atoms with E-state index in [1.54, 1.807) is 0 Å². The van der Waals surface area contributed by atoms with E-state index in [1.807, 2.05) is 6.92 Å². The monoisotopic (exact) mass is 392 g/mol. The highest BCUT2D eigenvalue weighted by Crippen LogP contribution is 2.48. The van der Waals surface area contributed by atoms with Gasteiger partial charge in [0.25, 0.3) is 0 Å². The zero-order valence-electron chi connectivity index (χ0n) is 18.2. The summed E-state index contributed by atoms with van der Waals surface area (Å²) in [4.78, 5) is 11.7. The van der Waals surface area contributed by atoms with Crippen molar-refractivity contribution in [2.24, 2.45) is 11.8 Å². The lowest BCUT2D eigenvalue weighted by atomic mass is 9.82. The molecule has 1 heterocycles. The molecule has 1 saturated carbocycles. The number of aliphatic carboxylic acids is 1. The third-order valence-corrected chi connectivity index (χ3v) is 7.35. The molecule has 1 unspecified atom stereocenters. The molecule has 1 aliphatic heterocycles. The molecule has 0 bridgehead atoms. The first-order valence-corrected chi connectivity index (χ1v) is 10.9. The molecule has 29 heavy (non-hydrogen) atoms. The number of hydrogen-bond donors (Lipinski definition) is 1. The van der Waals surface area contributed by atoms with Crippen molar-refractivity contribution in [3.8, 4) is 5.75 Å². The maximum absolute atomic E-state index is 11.7. The van der Waals surface area contributed by atoms with Crippen LogP contribution in [0, 0.1) is 39.5 Å². The highest BCUT2D eigenvalue weighted by molar-refractivity contribution is 5.71. The Morgan fingerprint density at radius 1 is 1.03 bits per heavy atom. The number of carbonyl (C=O) groups is 1. The Morgan fingerprint density at radius 3 is 2.41 bits per heavy atom. The molecule has 154 valence electrons. The van der Waals surface area contributed by atoms with Gasteiger partial charge in [-0.05, 0) is 110 Å². The fraction of sp³-hybridized carbons (Fsp3) is 0.500. The molecular weight excluding hydrogens is 360 g/mol. The Labute approximate surface area is 174 Å². The first-order valence-electron chi connectivity index (χ1n) is 10.9. The quantitative estimate of drug-likeness (QED) is 0.659. The van der Waals surface area contributed by atoms with Crippen LogP contribution in [0.2, 0.25) is 0 Å². The second-order valence-corrected chi connectivity index (χ2v) is 9.16. The number of ether oxygens (including phenoxy) is 1. The van der Waals surface area contributed by atoms with E-state index in [-0.39, 0.29) is 17.9 Å². The van der Waals surface area contributed by atoms with Gasteiger partial charge in [-0.1, -0.05) is 25.1 Å². The van der Waals surface area contributed by atoms with Crippen LogP contribution < -0.4 is 4.74 Å². The summed E-state index contributed by atoms with van der Waals surface area (Å²) in [6.07, 6.45) is 4.29. The summed E-state index contributed by atoms with van der Waals surface area (Å²) in [5.41, 5.74) is 9.00. The number of aryl methyl sites for hydroxylation is 2. The van der Waals surface area contributed by atoms with Crippen molar-refractivity contribution in [1.29, 1.82) is 0 Å². The summed E-state index contributed by atoms with van der Waals surface area (Å²) in [6.45, 7) is 10.6. The zero-order valence-corrected chi connectivity index (χ0v) is 18.2. The summed E-state index contributed by atoms with van der Waals surface area (Å²) in [5, 5.41) is 9.59. The van der Waals surface area contributed by atoms with E-state index >= 15 is 0 Å². The van der Waals surface area contributed by atoms with Gasteiger partial charge in [-0.3, -0.25) is 4.79 Å². The van der Waals surface area contributed by atoms with Crippen LogP contribution >= 0.6 is 0 Å². The molecule has 0 spiro atoms. The van der Waals surface area contributed by atoms with Gasteiger partial charge in [0.2, 0.25) is 0 Å². The molecule has 0 radical (unpaired) electrons. The number of carboxylic acids is 1. The lowest BCUT2D eigenvalue weighted by Crippen LogP contribution is -2.22. The van der Waals surface area contributed by atoms with Gasteiger partial charge < -0.3 is 9.84 Å². The molecular formula is C26H32O3. The Balaban J connectivity index is 1.66. The fourth-order valence-electron chi connectivity index (χ4n) is 4.97. The summed E-state index contributed by atoms with van der Waals surface area (Å²) >= 11 is 0. The van der Waals surface area contributed by atoms with Crippen molar-refractivity contribution in [3.05, 3.63) is 63.2 Å². The van der Waals surface area contributed by atoms with Crippen molar-refractivity contribution >= 4 is 5.97 Å². The van der Waals surface area contributed by atoms with E-state index in [2.05, 4.69) is 52.0 Å². The van der Waals surface area contributed by atoms with Crippen molar-refractivity contribution in [1.82, 2.24) is 0 Å². The average Bonchev–Trinajstić information content (AvgIpc) is 3.53. The minimum absolute atomic E-state index is 0.0621. The summed E-state index contributed by atoms with van der Waals surface area (Å²) in [6, 6.07) is 8.71. The smallest absolute Gasteiger partial charge is 0.306 e. The third kappa shape index (κ3) is 3.68. The van der Waals surface area contributed by atoms with Gasteiger partial charge >= 0.3 is 5.97 Å². The number of benzene rings is 2. The minimum atomic E-state index is -0.709. The van der Waals surface area contributed by atoms with Gasteiger partial charge in [-0.25, -0.2) is 0 Å². The number of fused-ring (bicyclic) bond motifs is 1. The Bertz CT molecular complexity index is 955. The normalized spacial score (nSPS) is 20.5. The Kier molecular flexibility index (Phi) is 5.18. The second-order valence-electron chi connectivity index (χ2n) is 9.16. The van der Waals surface area contributed by atoms with Crippen molar-refractivity contribution < 1.29 is 14.6 Å². The van der Waals surface area contributed by atoms with Crippen molar-refractivity contribution in [2.45, 2.75) is 72.3 Å². The molecule has 4 rings (SSSR count). The molecule has 3 heteroatoms. The van der Waals surface area contributed by atoms with Crippen LogP contribution in [-0.2, 0) is 11.2 Å². The molecule has 0 amide bonds. The van der Waals surface area contributed by atoms with E-state index < -0.39 is 5.97 Å². The summed E-state index contributed by atoms with van der Waals surface area (Å²) in [5.74, 6) is 0.428. The third-order valence-electron chi connectivity index (χ3n) is 7.35. The van der Waals surface area contributed by atoms with Gasteiger partial charge in [0, 0.05) is 0 Å². The van der Waals surface area contributed by atoms with Crippen LogP contribution in [-0.4, -0.2) is 11.1 Å². The molecule has 2 aromatic rings. The predicted molar refractivity (Wildman–Crippen MR) is 116 cm³/mol. The molecule has 3 nitrogen and oxygen atoms in total. The average molecular weight is 393 g/mol. The van der Waals surface area contributed by atoms with Gasteiger partial charge in [0.05, 0.1) is 5.92 Å². The van der Waals surface area contributed by atoms with E-state index in [9.17, 15) is 9.90 Å². The fourth-order valence-corrected chi connectivity index (χ4v) is 4.97. The molecule has 0 saturated heterocycles. The van der Waals surface area contributed by atoms with Gasteiger partial charge in [0.1, 0.15) is 11.9 Å². The molecule has 1 N–H and O–H groups in total. The van der Waals surface area contributed by atoms with Gasteiger partial charge in [-0.2, -0.15) is 0 Å². The topological polar surface area (TPSA) is 46.5 Å². The summed E-state index contributed by atoms with van der Waals surface area (Å²) in [7, 11) is 0. The second kappa shape index (κ2) is 7.51. The van der Waals surface area contributed by atoms with E-state index in [0.29, 0.717) is 5.92 Å². The number of hydrogen-bond acceptors (Lipinski definition) is 2. The van der Waals surface area contributed by atoms with E-state index in [4.69, 9.17) is 4.74 Å². The van der Waals surface area contributed by atoms with Gasteiger partial charge in [-0.15, -0.1) is 0 Å². The number of carboxylic acid groups (broad SMARTS) is 1. The molecule has 1 aliphatic carbocycles. The predicted octanol–water partition coefficient (Wildman–Crippen LogP) is 6.20. The molecule has 3 atom stereocenters. The lowest BCUT2D eigenvalue weighted by Gasteiger charge is -2.30. The highest BCUT2D eigenvalue weighted by Gasteiger charge is 2.39. The molecule has 0 aromatic heterocycles. The van der Waals surface area contributed by atoms with Crippen molar-refractivity contribution in [3.63, 3.8) is 0 Å². The number of rotatable bonds is 5. The first kappa shape index (κ1) is 20.0. The molecule has 2 aromatic carbocycles. The Hall–Kier alpha value is -2.29. The SMILES string of the molecule is Cc1cc(C2CCc3ccc([C@H](C4CC4)[C@H](C)C(=O)O)cc3O2)c(C)c(C)c1C. The van der Waals surface area contributed by atoms with E-state index in [1.165, 1.54) is 33.4 Å². The maximum Gasteiger partial charge on any atom is 0.306 e. The van der Waals surface area contributed by atoms with Crippen LogP contribution in [0.4, 0.5) is 0 Å². The van der Waals surface area contributed by atoms with Crippen LogP contribution in [0.25, 0.3) is 0 Å². The molecule has 1 fully saturated rings. The van der Waals surface area contributed by atoms with Crippen molar-refractivity contribution in [2.75, 3.05) is 0 Å². The summed E-state index contributed by atoms with van der Waals surface area (Å²) < 4.78 is 6.53. The maximum atomic E-state index is 11.7. The van der Waals surface area contributed by atoms with Crippen LogP contribution in [0.5, 0.6) is 5.75 Å². The standard InChI is InChI=1S/C26H32O3/c1-14-12-22(17(4)16(3)15(14)2)23-11-10-19-6-9-21(13-24(19)29-23)25(20-7-8-20)18(5)26(27)28/h6,9,12-13,18,20,23,25H,7-8,10-11H2,1-5H3,(H,27,28)/t18-,23?,25-/m0/s1. The molecule has 2 aliphatic rings. The van der Waals surface area contributed by atoms with Crippen LogP contribution in [0.1, 0.15) is 77.2 Å². The lowest BCUT2D eigenvalue weighted by molar-refractivity contribution is -0.142. The van der Waals surface area contributed by atoms with E-state index in [0.717, 1.165) is 37.0 Å². The zero-order chi connectivity index (χ0) is 20.9. The minimum Gasteiger partial charge on any atom is -0.485 e.